The van der Waals surface area contributed by atoms with Crippen molar-refractivity contribution >= 4 is 17.9 Å². The number of primary amides is 1. The van der Waals surface area contributed by atoms with Crippen molar-refractivity contribution in [1.29, 1.82) is 0 Å². The highest BCUT2D eigenvalue weighted by molar-refractivity contribution is 5.91. The molecule has 0 saturated carbocycles. The van der Waals surface area contributed by atoms with Gasteiger partial charge in [0, 0.05) is 19.2 Å². The van der Waals surface area contributed by atoms with Gasteiger partial charge in [0.2, 0.25) is 5.91 Å². The maximum Gasteiger partial charge on any atom is 0.255 e. The molecule has 1 saturated heterocycles. The molecule has 2 amide bonds. The van der Waals surface area contributed by atoms with E-state index in [9.17, 15) is 9.59 Å². The summed E-state index contributed by atoms with van der Waals surface area (Å²) in [5.74, 6) is 0.0301. The Morgan fingerprint density at radius 2 is 2.13 bits per heavy atom. The summed E-state index contributed by atoms with van der Waals surface area (Å²) in [6, 6.07) is 7.09. The Morgan fingerprint density at radius 3 is 2.78 bits per heavy atom. The minimum Gasteiger partial charge on any atom is -0.484 e. The number of nitrogens with two attached hydrogens (primary N) is 1. The van der Waals surface area contributed by atoms with E-state index >= 15 is 0 Å². The van der Waals surface area contributed by atoms with Crippen molar-refractivity contribution in [1.82, 2.24) is 4.90 Å². The monoisotopic (exact) mass is 318 g/mol. The molecule has 1 aliphatic heterocycles. The number of amides is 2. The van der Waals surface area contributed by atoms with Gasteiger partial charge >= 0.3 is 0 Å². The first-order valence-electron chi connectivity index (χ1n) is 7.68. The summed E-state index contributed by atoms with van der Waals surface area (Å²) in [6.45, 7) is 3.75. The van der Waals surface area contributed by atoms with Crippen molar-refractivity contribution in [2.75, 3.05) is 26.3 Å². The van der Waals surface area contributed by atoms with E-state index in [2.05, 4.69) is 6.92 Å². The van der Waals surface area contributed by atoms with Gasteiger partial charge in [-0.15, -0.1) is 0 Å². The minimum atomic E-state index is -0.518. The van der Waals surface area contributed by atoms with Crippen LogP contribution in [0.5, 0.6) is 5.75 Å². The van der Waals surface area contributed by atoms with Crippen LogP contribution in [0.2, 0.25) is 0 Å². The quantitative estimate of drug-likeness (QED) is 0.799. The molecule has 0 spiro atoms. The van der Waals surface area contributed by atoms with Crippen molar-refractivity contribution in [3.8, 4) is 5.75 Å². The SMILES string of the molecule is CCC1CN(C(=O)C=Cc2ccc(OCC(N)=O)cc2)CCO1. The standard InChI is InChI=1S/C17H22N2O4/c1-2-14-11-19(9-10-22-14)17(21)8-5-13-3-6-15(7-4-13)23-12-16(18)20/h3-8,14H,2,9-12H2,1H3,(H2,18,20). The van der Waals surface area contributed by atoms with E-state index in [1.54, 1.807) is 29.2 Å². The van der Waals surface area contributed by atoms with Gasteiger partial charge in [0.05, 0.1) is 12.7 Å². The van der Waals surface area contributed by atoms with Gasteiger partial charge in [-0.1, -0.05) is 19.1 Å². The smallest absolute Gasteiger partial charge is 0.255 e. The normalized spacial score (nSPS) is 18.1. The third kappa shape index (κ3) is 5.41. The predicted octanol–water partition coefficient (Wildman–Crippen LogP) is 1.20. The lowest BCUT2D eigenvalue weighted by Crippen LogP contribution is -2.44. The van der Waals surface area contributed by atoms with E-state index in [1.807, 2.05) is 12.1 Å². The summed E-state index contributed by atoms with van der Waals surface area (Å²) in [5.41, 5.74) is 5.90. The fourth-order valence-corrected chi connectivity index (χ4v) is 2.27. The molecule has 1 fully saturated rings. The van der Waals surface area contributed by atoms with E-state index in [0.717, 1.165) is 12.0 Å². The summed E-state index contributed by atoms with van der Waals surface area (Å²) >= 11 is 0. The van der Waals surface area contributed by atoms with Gasteiger partial charge in [-0.2, -0.15) is 0 Å². The number of hydrogen-bond donors (Lipinski definition) is 1. The molecule has 1 atom stereocenters. The van der Waals surface area contributed by atoms with Crippen molar-refractivity contribution < 1.29 is 19.1 Å². The van der Waals surface area contributed by atoms with Crippen LogP contribution in [0.3, 0.4) is 0 Å². The molecule has 6 heteroatoms. The topological polar surface area (TPSA) is 81.9 Å². The molecule has 0 radical (unpaired) electrons. The van der Waals surface area contributed by atoms with Crippen LogP contribution < -0.4 is 10.5 Å². The van der Waals surface area contributed by atoms with Gasteiger partial charge < -0.3 is 20.1 Å². The molecule has 124 valence electrons. The second kappa shape index (κ2) is 8.33. The van der Waals surface area contributed by atoms with Crippen LogP contribution in [-0.2, 0) is 14.3 Å². The van der Waals surface area contributed by atoms with Crippen molar-refractivity contribution in [2.24, 2.45) is 5.73 Å². The fraction of sp³-hybridized carbons (Fsp3) is 0.412. The number of hydrogen-bond acceptors (Lipinski definition) is 4. The zero-order chi connectivity index (χ0) is 16.7. The van der Waals surface area contributed by atoms with Crippen LogP contribution in [0.1, 0.15) is 18.9 Å². The van der Waals surface area contributed by atoms with Crippen LogP contribution in [0, 0.1) is 0 Å². The van der Waals surface area contributed by atoms with E-state index in [4.69, 9.17) is 15.2 Å². The zero-order valence-corrected chi connectivity index (χ0v) is 13.2. The molecule has 1 aliphatic rings. The largest absolute Gasteiger partial charge is 0.484 e. The number of rotatable bonds is 6. The van der Waals surface area contributed by atoms with Crippen LogP contribution in [-0.4, -0.2) is 49.1 Å². The Hall–Kier alpha value is -2.34. The Balaban J connectivity index is 1.89. The number of ether oxygens (including phenoxy) is 2. The molecule has 2 rings (SSSR count). The van der Waals surface area contributed by atoms with Gasteiger partial charge in [0.25, 0.3) is 5.91 Å². The third-order valence-corrected chi connectivity index (χ3v) is 3.59. The first-order valence-corrected chi connectivity index (χ1v) is 7.68. The van der Waals surface area contributed by atoms with Crippen LogP contribution in [0.25, 0.3) is 6.08 Å². The first-order chi connectivity index (χ1) is 11.1. The number of morpholine rings is 1. The fourth-order valence-electron chi connectivity index (χ4n) is 2.27. The van der Waals surface area contributed by atoms with Gasteiger partial charge in [0.15, 0.2) is 6.61 Å². The molecule has 2 N–H and O–H groups in total. The second-order valence-electron chi connectivity index (χ2n) is 5.34. The minimum absolute atomic E-state index is 0.0131. The second-order valence-corrected chi connectivity index (χ2v) is 5.34. The maximum atomic E-state index is 12.2. The average molecular weight is 318 g/mol. The van der Waals surface area contributed by atoms with E-state index in [-0.39, 0.29) is 18.6 Å². The predicted molar refractivity (Wildman–Crippen MR) is 86.8 cm³/mol. The molecule has 1 aromatic carbocycles. The Kier molecular flexibility index (Phi) is 6.17. The van der Waals surface area contributed by atoms with E-state index in [0.29, 0.717) is 25.4 Å². The highest BCUT2D eigenvalue weighted by Gasteiger charge is 2.21. The third-order valence-electron chi connectivity index (χ3n) is 3.59. The Labute approximate surface area is 135 Å². The lowest BCUT2D eigenvalue weighted by molar-refractivity contribution is -0.133. The highest BCUT2D eigenvalue weighted by atomic mass is 16.5. The Morgan fingerprint density at radius 1 is 1.39 bits per heavy atom. The van der Waals surface area contributed by atoms with Crippen molar-refractivity contribution in [3.63, 3.8) is 0 Å². The van der Waals surface area contributed by atoms with Gasteiger partial charge in [-0.25, -0.2) is 0 Å². The maximum absolute atomic E-state index is 12.2. The van der Waals surface area contributed by atoms with Crippen molar-refractivity contribution in [3.05, 3.63) is 35.9 Å². The molecule has 23 heavy (non-hydrogen) atoms. The van der Waals surface area contributed by atoms with E-state index in [1.165, 1.54) is 0 Å². The molecule has 1 heterocycles. The van der Waals surface area contributed by atoms with Crippen LogP contribution >= 0.6 is 0 Å². The molecule has 0 aliphatic carbocycles. The zero-order valence-electron chi connectivity index (χ0n) is 13.2. The number of nitrogens with zero attached hydrogens (tertiary/aromatic N) is 1. The number of carbonyl (C=O) groups excluding carboxylic acids is 2. The number of carbonyl (C=O) groups is 2. The lowest BCUT2D eigenvalue weighted by Gasteiger charge is -2.31. The summed E-state index contributed by atoms with van der Waals surface area (Å²) in [6.07, 6.45) is 4.36. The van der Waals surface area contributed by atoms with Crippen molar-refractivity contribution in [2.45, 2.75) is 19.4 Å². The molecule has 6 nitrogen and oxygen atoms in total. The first kappa shape index (κ1) is 17.0. The number of benzene rings is 1. The summed E-state index contributed by atoms with van der Waals surface area (Å²) < 4.78 is 10.7. The average Bonchev–Trinajstić information content (AvgIpc) is 2.58. The van der Waals surface area contributed by atoms with Crippen LogP contribution in [0.4, 0.5) is 0 Å². The molecular formula is C17H22N2O4. The summed E-state index contributed by atoms with van der Waals surface area (Å²) in [5, 5.41) is 0. The van der Waals surface area contributed by atoms with Gasteiger partial charge in [0.1, 0.15) is 5.75 Å². The summed E-state index contributed by atoms with van der Waals surface area (Å²) in [7, 11) is 0. The highest BCUT2D eigenvalue weighted by Crippen LogP contribution is 2.14. The molecule has 0 bridgehead atoms. The molecular weight excluding hydrogens is 296 g/mol. The Bertz CT molecular complexity index is 568. The van der Waals surface area contributed by atoms with Gasteiger partial charge in [-0.3, -0.25) is 9.59 Å². The van der Waals surface area contributed by atoms with E-state index < -0.39 is 5.91 Å². The van der Waals surface area contributed by atoms with Crippen LogP contribution in [0.15, 0.2) is 30.3 Å². The molecule has 1 unspecified atom stereocenters. The molecule has 1 aromatic rings. The molecule has 0 aromatic heterocycles. The lowest BCUT2D eigenvalue weighted by atomic mass is 10.2. The van der Waals surface area contributed by atoms with Gasteiger partial charge in [-0.05, 0) is 30.2 Å². The summed E-state index contributed by atoms with van der Waals surface area (Å²) in [4.78, 5) is 24.6.